The SMILES string of the molecule is C=CC1CC(/C=C\C2CC(C=C)C(COC(=O)NCCOC(=O)C(=C)C)C2)C(CC)C1. The zero-order chi connectivity index (χ0) is 22.8. The third-order valence-electron chi connectivity index (χ3n) is 6.74. The number of ether oxygens (including phenoxy) is 2. The smallest absolute Gasteiger partial charge is 0.407 e. The molecular weight excluding hydrogens is 390 g/mol. The summed E-state index contributed by atoms with van der Waals surface area (Å²) in [5.41, 5.74) is 0.335. The van der Waals surface area contributed by atoms with Gasteiger partial charge in [-0.3, -0.25) is 0 Å². The van der Waals surface area contributed by atoms with Crippen LogP contribution in [0.5, 0.6) is 0 Å². The third kappa shape index (κ3) is 7.71. The molecule has 5 heteroatoms. The molecule has 0 spiro atoms. The largest absolute Gasteiger partial charge is 0.460 e. The van der Waals surface area contributed by atoms with E-state index in [0.29, 0.717) is 35.9 Å². The quantitative estimate of drug-likeness (QED) is 0.205. The van der Waals surface area contributed by atoms with Crippen LogP contribution in [0.15, 0.2) is 49.6 Å². The Hall–Kier alpha value is -2.30. The summed E-state index contributed by atoms with van der Waals surface area (Å²) in [6.45, 7) is 16.0. The number of hydrogen-bond acceptors (Lipinski definition) is 4. The van der Waals surface area contributed by atoms with Crippen LogP contribution in [-0.4, -0.2) is 31.8 Å². The average Bonchev–Trinajstić information content (AvgIpc) is 3.36. The second kappa shape index (κ2) is 12.5. The number of amides is 1. The number of nitrogens with one attached hydrogen (secondary N) is 1. The number of rotatable bonds is 11. The van der Waals surface area contributed by atoms with Gasteiger partial charge in [0.25, 0.3) is 0 Å². The lowest BCUT2D eigenvalue weighted by Crippen LogP contribution is -2.30. The van der Waals surface area contributed by atoms with Gasteiger partial charge in [0, 0.05) is 11.5 Å². The number of esters is 1. The highest BCUT2D eigenvalue weighted by atomic mass is 16.6. The first kappa shape index (κ1) is 25.0. The van der Waals surface area contributed by atoms with Gasteiger partial charge in [-0.1, -0.05) is 44.2 Å². The normalized spacial score (nSPS) is 30.1. The first-order valence-corrected chi connectivity index (χ1v) is 11.5. The van der Waals surface area contributed by atoms with Crippen LogP contribution in [-0.2, 0) is 14.3 Å². The van der Waals surface area contributed by atoms with Gasteiger partial charge in [-0.15, -0.1) is 13.2 Å². The van der Waals surface area contributed by atoms with E-state index in [9.17, 15) is 9.59 Å². The summed E-state index contributed by atoms with van der Waals surface area (Å²) in [7, 11) is 0. The highest BCUT2D eigenvalue weighted by molar-refractivity contribution is 5.86. The first-order chi connectivity index (χ1) is 14.9. The molecule has 0 aliphatic heterocycles. The third-order valence-corrected chi connectivity index (χ3v) is 6.74. The minimum atomic E-state index is -0.486. The lowest BCUT2D eigenvalue weighted by Gasteiger charge is -2.16. The number of allylic oxidation sites excluding steroid dienone is 4. The lowest BCUT2D eigenvalue weighted by atomic mass is 9.92. The summed E-state index contributed by atoms with van der Waals surface area (Å²) in [6.07, 6.45) is 14.2. The molecule has 31 heavy (non-hydrogen) atoms. The minimum absolute atomic E-state index is 0.0962. The molecule has 2 fully saturated rings. The van der Waals surface area contributed by atoms with E-state index in [4.69, 9.17) is 9.47 Å². The molecule has 172 valence electrons. The van der Waals surface area contributed by atoms with Crippen LogP contribution < -0.4 is 5.32 Å². The Kier molecular flexibility index (Phi) is 10.1. The zero-order valence-corrected chi connectivity index (χ0v) is 19.2. The Labute approximate surface area is 187 Å². The molecule has 0 radical (unpaired) electrons. The summed E-state index contributed by atoms with van der Waals surface area (Å²) >= 11 is 0. The molecule has 1 amide bonds. The fraction of sp³-hybridized carbons (Fsp3) is 0.615. The fourth-order valence-corrected chi connectivity index (χ4v) is 4.89. The second-order valence-electron chi connectivity index (χ2n) is 9.02. The van der Waals surface area contributed by atoms with Crippen LogP contribution in [0, 0.1) is 35.5 Å². The van der Waals surface area contributed by atoms with Gasteiger partial charge in [0.1, 0.15) is 6.61 Å². The Bertz CT molecular complexity index is 683. The van der Waals surface area contributed by atoms with E-state index < -0.39 is 12.1 Å². The molecule has 0 aromatic rings. The molecule has 0 bridgehead atoms. The van der Waals surface area contributed by atoms with E-state index >= 15 is 0 Å². The maximum atomic E-state index is 11.9. The zero-order valence-electron chi connectivity index (χ0n) is 19.2. The van der Waals surface area contributed by atoms with Crippen molar-refractivity contribution in [2.24, 2.45) is 35.5 Å². The maximum absolute atomic E-state index is 11.9. The molecule has 1 N–H and O–H groups in total. The van der Waals surface area contributed by atoms with Crippen LogP contribution in [0.3, 0.4) is 0 Å². The Morgan fingerprint density at radius 2 is 1.68 bits per heavy atom. The summed E-state index contributed by atoms with van der Waals surface area (Å²) < 4.78 is 10.4. The molecule has 0 heterocycles. The monoisotopic (exact) mass is 429 g/mol. The number of carbonyl (C=O) groups excluding carboxylic acids is 2. The predicted molar refractivity (Wildman–Crippen MR) is 124 cm³/mol. The molecular formula is C26H39NO4. The van der Waals surface area contributed by atoms with E-state index in [2.05, 4.69) is 50.2 Å². The summed E-state index contributed by atoms with van der Waals surface area (Å²) in [4.78, 5) is 23.2. The van der Waals surface area contributed by atoms with Gasteiger partial charge < -0.3 is 14.8 Å². The molecule has 0 saturated heterocycles. The van der Waals surface area contributed by atoms with Crippen LogP contribution in [0.4, 0.5) is 4.79 Å². The summed E-state index contributed by atoms with van der Waals surface area (Å²) in [6, 6.07) is 0. The molecule has 2 aliphatic carbocycles. The standard InChI is InChI=1S/C26H39NO4/c1-6-19-13-21(7-2)23(14-19)10-9-20-15-22(8-3)24(16-20)17-31-26(29)27-11-12-30-25(28)18(4)5/h6,8-10,19-24H,1,3-4,7,11-17H2,2,5H3,(H,27,29)/b10-9-. The minimum Gasteiger partial charge on any atom is -0.460 e. The lowest BCUT2D eigenvalue weighted by molar-refractivity contribution is -0.138. The molecule has 2 aliphatic rings. The number of alkyl carbamates (subject to hydrolysis) is 1. The van der Waals surface area contributed by atoms with Crippen molar-refractivity contribution in [3.63, 3.8) is 0 Å². The van der Waals surface area contributed by atoms with Crippen molar-refractivity contribution < 1.29 is 19.1 Å². The van der Waals surface area contributed by atoms with E-state index in [1.165, 1.54) is 19.3 Å². The Balaban J connectivity index is 1.74. The Morgan fingerprint density at radius 3 is 2.32 bits per heavy atom. The first-order valence-electron chi connectivity index (χ1n) is 11.5. The van der Waals surface area contributed by atoms with E-state index in [1.54, 1.807) is 6.92 Å². The van der Waals surface area contributed by atoms with Crippen molar-refractivity contribution in [3.8, 4) is 0 Å². The van der Waals surface area contributed by atoms with Crippen LogP contribution in [0.1, 0.15) is 46.0 Å². The average molecular weight is 430 g/mol. The second-order valence-corrected chi connectivity index (χ2v) is 9.02. The van der Waals surface area contributed by atoms with Gasteiger partial charge in [-0.2, -0.15) is 0 Å². The van der Waals surface area contributed by atoms with Crippen LogP contribution in [0.25, 0.3) is 0 Å². The van der Waals surface area contributed by atoms with Gasteiger partial charge >= 0.3 is 12.1 Å². The highest BCUT2D eigenvalue weighted by Crippen LogP contribution is 2.42. The highest BCUT2D eigenvalue weighted by Gasteiger charge is 2.33. The molecule has 6 unspecified atom stereocenters. The van der Waals surface area contributed by atoms with Gasteiger partial charge in [-0.05, 0) is 62.2 Å². The maximum Gasteiger partial charge on any atom is 0.407 e. The molecule has 5 nitrogen and oxygen atoms in total. The molecule has 2 rings (SSSR count). The van der Waals surface area contributed by atoms with Crippen molar-refractivity contribution in [2.45, 2.75) is 46.0 Å². The molecule has 2 saturated carbocycles. The molecule has 6 atom stereocenters. The number of carbonyl (C=O) groups is 2. The molecule has 0 aromatic carbocycles. The van der Waals surface area contributed by atoms with Crippen molar-refractivity contribution in [2.75, 3.05) is 19.8 Å². The van der Waals surface area contributed by atoms with Gasteiger partial charge in [0.2, 0.25) is 0 Å². The van der Waals surface area contributed by atoms with Crippen molar-refractivity contribution >= 4 is 12.1 Å². The predicted octanol–water partition coefficient (Wildman–Crippen LogP) is 5.45. The van der Waals surface area contributed by atoms with E-state index in [-0.39, 0.29) is 19.1 Å². The van der Waals surface area contributed by atoms with Gasteiger partial charge in [0.15, 0.2) is 0 Å². The molecule has 0 aromatic heterocycles. The number of hydrogen-bond donors (Lipinski definition) is 1. The summed E-state index contributed by atoms with van der Waals surface area (Å²) in [5, 5.41) is 2.61. The van der Waals surface area contributed by atoms with Crippen molar-refractivity contribution in [3.05, 3.63) is 49.6 Å². The topological polar surface area (TPSA) is 64.6 Å². The fourth-order valence-electron chi connectivity index (χ4n) is 4.89. The summed E-state index contributed by atoms with van der Waals surface area (Å²) in [5.74, 6) is 2.73. The van der Waals surface area contributed by atoms with Crippen molar-refractivity contribution in [1.29, 1.82) is 0 Å². The van der Waals surface area contributed by atoms with Crippen LogP contribution >= 0.6 is 0 Å². The van der Waals surface area contributed by atoms with E-state index in [1.807, 2.05) is 6.08 Å². The van der Waals surface area contributed by atoms with Gasteiger partial charge in [0.05, 0.1) is 13.2 Å². The van der Waals surface area contributed by atoms with Crippen LogP contribution in [0.2, 0.25) is 0 Å². The Morgan fingerprint density at radius 1 is 0.968 bits per heavy atom. The van der Waals surface area contributed by atoms with E-state index in [0.717, 1.165) is 18.8 Å². The van der Waals surface area contributed by atoms with Gasteiger partial charge in [-0.25, -0.2) is 9.59 Å². The van der Waals surface area contributed by atoms with Crippen molar-refractivity contribution in [1.82, 2.24) is 5.32 Å².